The Morgan fingerprint density at radius 3 is 1.50 bits per heavy atom. The first-order valence-corrected chi connectivity index (χ1v) is 3.56. The van der Waals surface area contributed by atoms with Crippen LogP contribution in [-0.4, -0.2) is 5.97 Å². The Morgan fingerprint density at radius 1 is 0.875 bits per heavy atom. The fourth-order valence-electron chi connectivity index (χ4n) is 0.950. The average molecular weight is 232 g/mol. The quantitative estimate of drug-likeness (QED) is 0.248. The van der Waals surface area contributed by atoms with Gasteiger partial charge < -0.3 is 9.90 Å². The molecule has 0 heterocycles. The van der Waals surface area contributed by atoms with Gasteiger partial charge in [0.25, 0.3) is 0 Å². The Hall–Kier alpha value is -1.06. The molecular formula is C8H2F5LiO2. The molecule has 2 nitrogen and oxygen atoms in total. The molecule has 1 rings (SSSR count). The molecule has 0 amide bonds. The number of carboxylic acid groups (broad SMARTS) is 1. The molecule has 0 saturated carbocycles. The maximum absolute atomic E-state index is 12.8. The summed E-state index contributed by atoms with van der Waals surface area (Å²) in [6, 6.07) is 0. The molecule has 0 fully saturated rings. The maximum atomic E-state index is 12.8. The standard InChI is InChI=1S/C8H3F5O2.Li/c9-4-2(1-3(14)15)5(10)7(12)8(13)6(4)11;/h1H2,(H,14,15);/q;+1/p-1. The number of carbonyl (C=O) groups is 1. The Kier molecular flexibility index (Phi) is 4.97. The fraction of sp³-hybridized carbons (Fsp3) is 0.125. The summed E-state index contributed by atoms with van der Waals surface area (Å²) in [5.74, 6) is -12.9. The molecule has 0 radical (unpaired) electrons. The van der Waals surface area contributed by atoms with Crippen LogP contribution in [0.1, 0.15) is 5.56 Å². The van der Waals surface area contributed by atoms with Crippen LogP contribution in [0.3, 0.4) is 0 Å². The van der Waals surface area contributed by atoms with E-state index in [1.807, 2.05) is 0 Å². The first-order chi connectivity index (χ1) is 6.86. The van der Waals surface area contributed by atoms with Gasteiger partial charge in [-0.25, -0.2) is 22.0 Å². The van der Waals surface area contributed by atoms with Gasteiger partial charge in [-0.2, -0.15) is 0 Å². The average Bonchev–Trinajstić information content (AvgIpc) is 2.18. The van der Waals surface area contributed by atoms with Crippen molar-refractivity contribution in [2.45, 2.75) is 6.42 Å². The molecule has 1 aromatic rings. The van der Waals surface area contributed by atoms with Gasteiger partial charge in [0.15, 0.2) is 23.3 Å². The summed E-state index contributed by atoms with van der Waals surface area (Å²) in [4.78, 5) is 10.00. The predicted molar refractivity (Wildman–Crippen MR) is 34.9 cm³/mol. The number of carboxylic acids is 1. The number of hydrogen-bond acceptors (Lipinski definition) is 2. The number of halogens is 5. The zero-order valence-corrected chi connectivity index (χ0v) is 7.91. The summed E-state index contributed by atoms with van der Waals surface area (Å²) in [5.41, 5.74) is -1.41. The molecule has 0 aliphatic carbocycles. The molecule has 0 aliphatic heterocycles. The van der Waals surface area contributed by atoms with Crippen molar-refractivity contribution >= 4 is 5.97 Å². The van der Waals surface area contributed by atoms with Crippen LogP contribution in [0.25, 0.3) is 0 Å². The molecule has 0 aromatic heterocycles. The normalized spacial score (nSPS) is 9.81. The first kappa shape index (κ1) is 14.9. The Labute approximate surface area is 98.2 Å². The number of hydrogen-bond donors (Lipinski definition) is 0. The second-order valence-electron chi connectivity index (χ2n) is 2.60. The summed E-state index contributed by atoms with van der Waals surface area (Å²) in [7, 11) is 0. The van der Waals surface area contributed by atoms with E-state index in [0.29, 0.717) is 0 Å². The van der Waals surface area contributed by atoms with Gasteiger partial charge in [-0.05, 0) is 0 Å². The topological polar surface area (TPSA) is 40.1 Å². The largest absolute Gasteiger partial charge is 1.00 e. The zero-order valence-electron chi connectivity index (χ0n) is 7.91. The van der Waals surface area contributed by atoms with Crippen LogP contribution in [0.4, 0.5) is 22.0 Å². The summed E-state index contributed by atoms with van der Waals surface area (Å²) in [6.07, 6.45) is -1.38. The van der Waals surface area contributed by atoms with Crippen LogP contribution in [0.15, 0.2) is 0 Å². The molecule has 16 heavy (non-hydrogen) atoms. The first-order valence-electron chi connectivity index (χ1n) is 3.56. The van der Waals surface area contributed by atoms with E-state index in [4.69, 9.17) is 0 Å². The molecule has 8 heteroatoms. The van der Waals surface area contributed by atoms with E-state index in [-0.39, 0.29) is 18.9 Å². The summed E-state index contributed by atoms with van der Waals surface area (Å²) >= 11 is 0. The van der Waals surface area contributed by atoms with Crippen molar-refractivity contribution < 1.29 is 50.7 Å². The van der Waals surface area contributed by atoms with Crippen molar-refractivity contribution in [2.75, 3.05) is 0 Å². The predicted octanol–water partition coefficient (Wildman–Crippen LogP) is -2.32. The van der Waals surface area contributed by atoms with Gasteiger partial charge in [0.05, 0.1) is 0 Å². The van der Waals surface area contributed by atoms with Crippen LogP contribution in [0.2, 0.25) is 0 Å². The number of benzene rings is 1. The maximum Gasteiger partial charge on any atom is 1.00 e. The van der Waals surface area contributed by atoms with E-state index in [1.54, 1.807) is 0 Å². The van der Waals surface area contributed by atoms with E-state index >= 15 is 0 Å². The molecular weight excluding hydrogens is 230 g/mol. The number of carbonyl (C=O) groups excluding carboxylic acids is 1. The van der Waals surface area contributed by atoms with E-state index in [0.717, 1.165) is 0 Å². The molecule has 0 bridgehead atoms. The van der Waals surface area contributed by atoms with Crippen LogP contribution in [-0.2, 0) is 11.2 Å². The molecule has 0 spiro atoms. The van der Waals surface area contributed by atoms with E-state index in [1.165, 1.54) is 0 Å². The molecule has 0 N–H and O–H groups in total. The van der Waals surface area contributed by atoms with E-state index < -0.39 is 47.0 Å². The van der Waals surface area contributed by atoms with Crippen molar-refractivity contribution in [1.82, 2.24) is 0 Å². The zero-order chi connectivity index (χ0) is 11.7. The summed E-state index contributed by atoms with van der Waals surface area (Å²) < 4.78 is 62.9. The Morgan fingerprint density at radius 2 is 1.19 bits per heavy atom. The third-order valence-corrected chi connectivity index (χ3v) is 1.62. The second kappa shape index (κ2) is 5.32. The monoisotopic (exact) mass is 232 g/mol. The molecule has 1 aromatic carbocycles. The minimum atomic E-state index is -2.33. The minimum absolute atomic E-state index is 0. The van der Waals surface area contributed by atoms with Gasteiger partial charge in [-0.3, -0.25) is 0 Å². The van der Waals surface area contributed by atoms with Gasteiger partial charge >= 0.3 is 18.9 Å². The minimum Gasteiger partial charge on any atom is -0.550 e. The summed E-state index contributed by atoms with van der Waals surface area (Å²) in [5, 5.41) is 10.00. The van der Waals surface area contributed by atoms with Gasteiger partial charge in [0, 0.05) is 18.0 Å². The number of aliphatic carboxylic acids is 1. The Bertz CT molecular complexity index is 406. The van der Waals surface area contributed by atoms with Crippen molar-refractivity contribution in [2.24, 2.45) is 0 Å². The van der Waals surface area contributed by atoms with E-state index in [2.05, 4.69) is 0 Å². The van der Waals surface area contributed by atoms with Crippen LogP contribution < -0.4 is 24.0 Å². The van der Waals surface area contributed by atoms with Crippen molar-refractivity contribution in [3.63, 3.8) is 0 Å². The smallest absolute Gasteiger partial charge is 0.550 e. The number of rotatable bonds is 2. The van der Waals surface area contributed by atoms with Gasteiger partial charge in [0.1, 0.15) is 0 Å². The molecule has 0 saturated heterocycles. The van der Waals surface area contributed by atoms with Crippen LogP contribution >= 0.6 is 0 Å². The van der Waals surface area contributed by atoms with Gasteiger partial charge in [-0.1, -0.05) is 0 Å². The third-order valence-electron chi connectivity index (χ3n) is 1.62. The fourth-order valence-corrected chi connectivity index (χ4v) is 0.950. The third kappa shape index (κ3) is 2.54. The van der Waals surface area contributed by atoms with Crippen LogP contribution in [0, 0.1) is 29.1 Å². The van der Waals surface area contributed by atoms with Gasteiger partial charge in [0.2, 0.25) is 5.82 Å². The van der Waals surface area contributed by atoms with Crippen molar-refractivity contribution in [1.29, 1.82) is 0 Å². The molecule has 0 atom stereocenters. The molecule has 0 unspecified atom stereocenters. The van der Waals surface area contributed by atoms with Crippen LogP contribution in [0.5, 0.6) is 0 Å². The summed E-state index contributed by atoms with van der Waals surface area (Å²) in [6.45, 7) is 0. The SMILES string of the molecule is O=C([O-])Cc1c(F)c(F)c(F)c(F)c1F.[Li+]. The second-order valence-corrected chi connectivity index (χ2v) is 2.60. The molecule has 82 valence electrons. The van der Waals surface area contributed by atoms with Crippen molar-refractivity contribution in [3.8, 4) is 0 Å². The van der Waals surface area contributed by atoms with E-state index in [9.17, 15) is 31.9 Å². The van der Waals surface area contributed by atoms with Crippen molar-refractivity contribution in [3.05, 3.63) is 34.6 Å². The van der Waals surface area contributed by atoms with Gasteiger partial charge in [-0.15, -0.1) is 0 Å². The Balaban J connectivity index is 0.00000225. The molecule has 0 aliphatic rings.